The minimum absolute atomic E-state index is 0.686. The number of benzene rings is 1. The zero-order valence-electron chi connectivity index (χ0n) is 6.00. The SMILES string of the molecule is Cc1ccc([S+]([O-])NCl)cc1. The molecule has 0 spiro atoms. The van der Waals surface area contributed by atoms with E-state index in [1.807, 2.05) is 19.1 Å². The summed E-state index contributed by atoms with van der Waals surface area (Å²) in [5.74, 6) is 0. The summed E-state index contributed by atoms with van der Waals surface area (Å²) in [5.41, 5.74) is 1.14. The summed E-state index contributed by atoms with van der Waals surface area (Å²) < 4.78 is 13.1. The average molecular weight is 190 g/mol. The van der Waals surface area contributed by atoms with Crippen molar-refractivity contribution in [1.82, 2.24) is 4.24 Å². The second-order valence-electron chi connectivity index (χ2n) is 2.16. The molecule has 0 aromatic heterocycles. The fraction of sp³-hybridized carbons (Fsp3) is 0.143. The maximum absolute atomic E-state index is 11.0. The van der Waals surface area contributed by atoms with Crippen LogP contribution in [0.5, 0.6) is 0 Å². The Kier molecular flexibility index (Phi) is 3.20. The lowest BCUT2D eigenvalue weighted by Crippen LogP contribution is -2.13. The molecule has 2 nitrogen and oxygen atoms in total. The van der Waals surface area contributed by atoms with Gasteiger partial charge >= 0.3 is 0 Å². The molecule has 1 aromatic rings. The largest absolute Gasteiger partial charge is 0.592 e. The predicted molar refractivity (Wildman–Crippen MR) is 46.6 cm³/mol. The van der Waals surface area contributed by atoms with Gasteiger partial charge in [0.1, 0.15) is 0 Å². The molecule has 4 heteroatoms. The Labute approximate surface area is 74.0 Å². The Morgan fingerprint density at radius 3 is 2.36 bits per heavy atom. The number of halogens is 1. The molecule has 0 bridgehead atoms. The summed E-state index contributed by atoms with van der Waals surface area (Å²) in [5, 5.41) is 0. The van der Waals surface area contributed by atoms with Gasteiger partial charge in [0, 0.05) is 11.8 Å². The van der Waals surface area contributed by atoms with Crippen LogP contribution in [-0.2, 0) is 11.4 Å². The number of hydrogen-bond acceptors (Lipinski definition) is 2. The van der Waals surface area contributed by atoms with Gasteiger partial charge in [-0.3, -0.25) is 0 Å². The molecule has 1 aromatic carbocycles. The molecule has 1 atom stereocenters. The summed E-state index contributed by atoms with van der Waals surface area (Å²) in [4.78, 5) is 0.686. The Morgan fingerprint density at radius 1 is 1.36 bits per heavy atom. The lowest BCUT2D eigenvalue weighted by atomic mass is 10.2. The fourth-order valence-corrected chi connectivity index (χ4v) is 1.45. The smallest absolute Gasteiger partial charge is 0.175 e. The fourth-order valence-electron chi connectivity index (χ4n) is 0.706. The normalized spacial score (nSPS) is 13.0. The first-order chi connectivity index (χ1) is 5.24. The number of nitrogens with one attached hydrogen (secondary N) is 1. The van der Waals surface area contributed by atoms with Crippen LogP contribution in [0.15, 0.2) is 29.2 Å². The summed E-state index contributed by atoms with van der Waals surface area (Å²) in [6.45, 7) is 1.97. The zero-order valence-corrected chi connectivity index (χ0v) is 7.58. The van der Waals surface area contributed by atoms with Crippen molar-refractivity contribution in [3.05, 3.63) is 29.8 Å². The molecule has 1 unspecified atom stereocenters. The molecule has 0 saturated carbocycles. The highest BCUT2D eigenvalue weighted by molar-refractivity contribution is 7.90. The molecule has 1 rings (SSSR count). The van der Waals surface area contributed by atoms with Gasteiger partial charge in [-0.05, 0) is 23.3 Å². The van der Waals surface area contributed by atoms with Crippen molar-refractivity contribution in [3.8, 4) is 0 Å². The van der Waals surface area contributed by atoms with Crippen molar-refractivity contribution in [2.45, 2.75) is 11.8 Å². The molecule has 0 fully saturated rings. The summed E-state index contributed by atoms with van der Waals surface area (Å²) in [7, 11) is 0. The molecule has 0 radical (unpaired) electrons. The summed E-state index contributed by atoms with van der Waals surface area (Å²) in [6.07, 6.45) is 0. The highest BCUT2D eigenvalue weighted by atomic mass is 35.5. The summed E-state index contributed by atoms with van der Waals surface area (Å²) in [6, 6.07) is 7.34. The first-order valence-electron chi connectivity index (χ1n) is 3.09. The van der Waals surface area contributed by atoms with E-state index < -0.39 is 11.4 Å². The molecule has 1 N–H and O–H groups in total. The highest BCUT2D eigenvalue weighted by Gasteiger charge is 2.07. The molecule has 0 amide bonds. The van der Waals surface area contributed by atoms with Crippen molar-refractivity contribution in [1.29, 1.82) is 0 Å². The quantitative estimate of drug-likeness (QED) is 0.569. The van der Waals surface area contributed by atoms with E-state index in [9.17, 15) is 4.55 Å². The Bertz CT molecular complexity index is 226. The Hall–Kier alpha value is -0.220. The molecular formula is C7H8ClNOS. The highest BCUT2D eigenvalue weighted by Crippen LogP contribution is 2.09. The van der Waals surface area contributed by atoms with Crippen LogP contribution in [-0.4, -0.2) is 4.55 Å². The van der Waals surface area contributed by atoms with Crippen LogP contribution < -0.4 is 4.24 Å². The second kappa shape index (κ2) is 3.97. The van der Waals surface area contributed by atoms with Crippen molar-refractivity contribution in [3.63, 3.8) is 0 Å². The monoisotopic (exact) mass is 189 g/mol. The maximum Gasteiger partial charge on any atom is 0.175 e. The van der Waals surface area contributed by atoms with Gasteiger partial charge in [-0.25, -0.2) is 0 Å². The maximum atomic E-state index is 11.0. The molecule has 0 saturated heterocycles. The van der Waals surface area contributed by atoms with Crippen molar-refractivity contribution >= 4 is 23.1 Å². The van der Waals surface area contributed by atoms with Crippen LogP contribution in [0.1, 0.15) is 5.56 Å². The van der Waals surface area contributed by atoms with Crippen molar-refractivity contribution < 1.29 is 4.55 Å². The number of aryl methyl sites for hydroxylation is 1. The van der Waals surface area contributed by atoms with Gasteiger partial charge < -0.3 is 4.55 Å². The summed E-state index contributed by atoms with van der Waals surface area (Å²) >= 11 is 3.89. The van der Waals surface area contributed by atoms with Gasteiger partial charge in [0.05, 0.1) is 11.4 Å². The van der Waals surface area contributed by atoms with Gasteiger partial charge in [0.2, 0.25) is 0 Å². The number of rotatable bonds is 2. The lowest BCUT2D eigenvalue weighted by molar-refractivity contribution is 0.593. The minimum Gasteiger partial charge on any atom is -0.592 e. The molecular weight excluding hydrogens is 182 g/mol. The van der Waals surface area contributed by atoms with Crippen LogP contribution in [0.25, 0.3) is 0 Å². The van der Waals surface area contributed by atoms with E-state index in [2.05, 4.69) is 4.24 Å². The molecule has 0 aliphatic rings. The third-order valence-corrected chi connectivity index (χ3v) is 2.57. The molecule has 0 aliphatic heterocycles. The van der Waals surface area contributed by atoms with Gasteiger partial charge in [-0.2, -0.15) is 0 Å². The van der Waals surface area contributed by atoms with Crippen LogP contribution in [0.2, 0.25) is 0 Å². The third kappa shape index (κ3) is 2.38. The topological polar surface area (TPSA) is 35.1 Å². The standard InChI is InChI=1S/C7H8ClNOS/c1-6-2-4-7(5-3-6)11(10)9-8/h2-5,9H,1H3. The van der Waals surface area contributed by atoms with Crippen LogP contribution >= 0.6 is 11.8 Å². The van der Waals surface area contributed by atoms with Crippen molar-refractivity contribution in [2.75, 3.05) is 0 Å². The van der Waals surface area contributed by atoms with E-state index in [1.54, 1.807) is 12.1 Å². The Balaban J connectivity index is 2.81. The van der Waals surface area contributed by atoms with E-state index in [1.165, 1.54) is 0 Å². The number of hydrogen-bond donors (Lipinski definition) is 1. The molecule has 11 heavy (non-hydrogen) atoms. The van der Waals surface area contributed by atoms with Gasteiger partial charge in [0.25, 0.3) is 0 Å². The molecule has 0 aliphatic carbocycles. The molecule has 0 heterocycles. The van der Waals surface area contributed by atoms with Gasteiger partial charge in [-0.15, -0.1) is 0 Å². The first kappa shape index (κ1) is 8.87. The van der Waals surface area contributed by atoms with E-state index in [0.29, 0.717) is 4.90 Å². The first-order valence-corrected chi connectivity index (χ1v) is 4.61. The average Bonchev–Trinajstić information content (AvgIpc) is 2.05. The molecule has 60 valence electrons. The third-order valence-electron chi connectivity index (χ3n) is 1.31. The Morgan fingerprint density at radius 2 is 1.91 bits per heavy atom. The van der Waals surface area contributed by atoms with Gasteiger partial charge in [-0.1, -0.05) is 17.7 Å². The van der Waals surface area contributed by atoms with Gasteiger partial charge in [0.15, 0.2) is 4.90 Å². The van der Waals surface area contributed by atoms with E-state index >= 15 is 0 Å². The second-order valence-corrected chi connectivity index (χ2v) is 3.79. The van der Waals surface area contributed by atoms with E-state index in [0.717, 1.165) is 5.56 Å². The van der Waals surface area contributed by atoms with Crippen LogP contribution in [0.4, 0.5) is 0 Å². The van der Waals surface area contributed by atoms with E-state index in [4.69, 9.17) is 11.8 Å². The lowest BCUT2D eigenvalue weighted by Gasteiger charge is -2.04. The van der Waals surface area contributed by atoms with Crippen molar-refractivity contribution in [2.24, 2.45) is 0 Å². The van der Waals surface area contributed by atoms with Crippen LogP contribution in [0.3, 0.4) is 0 Å². The zero-order chi connectivity index (χ0) is 8.27. The minimum atomic E-state index is -1.28. The van der Waals surface area contributed by atoms with Crippen LogP contribution in [0, 0.1) is 6.92 Å². The van der Waals surface area contributed by atoms with E-state index in [-0.39, 0.29) is 0 Å². The predicted octanol–water partition coefficient (Wildman–Crippen LogP) is 1.76.